The van der Waals surface area contributed by atoms with Gasteiger partial charge in [0.2, 0.25) is 0 Å². The van der Waals surface area contributed by atoms with E-state index in [1.807, 2.05) is 55.5 Å². The van der Waals surface area contributed by atoms with Crippen LogP contribution in [0.15, 0.2) is 53.3 Å². The number of aryl methyl sites for hydroxylation is 1. The molecule has 0 saturated carbocycles. The van der Waals surface area contributed by atoms with Gasteiger partial charge in [-0.2, -0.15) is 5.10 Å². The Morgan fingerprint density at radius 3 is 2.45 bits per heavy atom. The number of halogens is 1. The zero-order valence-electron chi connectivity index (χ0n) is 19.0. The highest BCUT2D eigenvalue weighted by Gasteiger charge is 2.25. The number of nitrogens with zero attached hydrogens (tertiary/aromatic N) is 3. The average Bonchev–Trinajstić information content (AvgIpc) is 2.84. The van der Waals surface area contributed by atoms with Crippen molar-refractivity contribution in [1.29, 1.82) is 0 Å². The molecule has 1 aliphatic rings. The molecule has 1 aromatic heterocycles. The van der Waals surface area contributed by atoms with Crippen molar-refractivity contribution in [2.45, 2.75) is 39.2 Å². The third-order valence-electron chi connectivity index (χ3n) is 6.28. The predicted molar refractivity (Wildman–Crippen MR) is 131 cm³/mol. The standard InChI is InChI=1S/C26H30ClN3O3/c1-2-33-26(32)20-12-16-29(17-13-20)14-5-15-30-25(31)23-7-4-3-6-22(23)24(28-30)18-19-8-10-21(27)11-9-19/h3-4,6-11,20H,2,5,12-18H2,1H3. The van der Waals surface area contributed by atoms with E-state index in [4.69, 9.17) is 21.4 Å². The molecule has 0 bridgehead atoms. The molecule has 1 aliphatic heterocycles. The molecule has 0 spiro atoms. The zero-order chi connectivity index (χ0) is 23.2. The quantitative estimate of drug-likeness (QED) is 0.462. The van der Waals surface area contributed by atoms with Crippen LogP contribution in [0.4, 0.5) is 0 Å². The topological polar surface area (TPSA) is 64.4 Å². The molecular weight excluding hydrogens is 438 g/mol. The van der Waals surface area contributed by atoms with Crippen LogP contribution < -0.4 is 5.56 Å². The summed E-state index contributed by atoms with van der Waals surface area (Å²) in [5.74, 6) is -0.0568. The maximum Gasteiger partial charge on any atom is 0.309 e. The number of esters is 1. The van der Waals surface area contributed by atoms with E-state index in [9.17, 15) is 9.59 Å². The highest BCUT2D eigenvalue weighted by atomic mass is 35.5. The predicted octanol–water partition coefficient (Wildman–Crippen LogP) is 4.31. The molecule has 2 aromatic carbocycles. The Balaban J connectivity index is 1.43. The van der Waals surface area contributed by atoms with Crippen LogP contribution in [0.5, 0.6) is 0 Å². The van der Waals surface area contributed by atoms with Crippen molar-refractivity contribution in [1.82, 2.24) is 14.7 Å². The minimum atomic E-state index is -0.0720. The van der Waals surface area contributed by atoms with Crippen molar-refractivity contribution in [2.24, 2.45) is 5.92 Å². The Bertz CT molecular complexity index is 1150. The van der Waals surface area contributed by atoms with Crippen LogP contribution in [0.1, 0.15) is 37.4 Å². The number of carbonyl (C=O) groups is 1. The molecule has 0 aliphatic carbocycles. The lowest BCUT2D eigenvalue weighted by Crippen LogP contribution is -2.38. The highest BCUT2D eigenvalue weighted by Crippen LogP contribution is 2.20. The molecule has 2 heterocycles. The Morgan fingerprint density at radius 2 is 1.76 bits per heavy atom. The summed E-state index contributed by atoms with van der Waals surface area (Å²) in [6.45, 7) is 5.48. The normalized spacial score (nSPS) is 15.1. The molecule has 174 valence electrons. The van der Waals surface area contributed by atoms with Gasteiger partial charge >= 0.3 is 5.97 Å². The molecule has 0 unspecified atom stereocenters. The van der Waals surface area contributed by atoms with E-state index in [1.165, 1.54) is 0 Å². The Hall–Kier alpha value is -2.70. The number of piperidine rings is 1. The second kappa shape index (κ2) is 10.9. The molecule has 0 amide bonds. The molecule has 1 fully saturated rings. The van der Waals surface area contributed by atoms with E-state index in [-0.39, 0.29) is 17.4 Å². The van der Waals surface area contributed by atoms with Gasteiger partial charge in [-0.15, -0.1) is 0 Å². The van der Waals surface area contributed by atoms with Crippen LogP contribution >= 0.6 is 11.6 Å². The van der Waals surface area contributed by atoms with Gasteiger partial charge in [-0.05, 0) is 69.6 Å². The van der Waals surface area contributed by atoms with Gasteiger partial charge in [0.25, 0.3) is 5.56 Å². The van der Waals surface area contributed by atoms with Crippen molar-refractivity contribution >= 4 is 28.3 Å². The molecule has 7 heteroatoms. The van der Waals surface area contributed by atoms with Crippen molar-refractivity contribution in [2.75, 3.05) is 26.2 Å². The maximum atomic E-state index is 13.1. The third-order valence-corrected chi connectivity index (χ3v) is 6.53. The summed E-state index contributed by atoms with van der Waals surface area (Å²) >= 11 is 6.03. The summed E-state index contributed by atoms with van der Waals surface area (Å²) in [7, 11) is 0. The first-order valence-corrected chi connectivity index (χ1v) is 12.0. The van der Waals surface area contributed by atoms with Gasteiger partial charge in [-0.1, -0.05) is 41.9 Å². The van der Waals surface area contributed by atoms with Gasteiger partial charge in [0.05, 0.1) is 23.6 Å². The van der Waals surface area contributed by atoms with E-state index in [0.29, 0.717) is 30.0 Å². The van der Waals surface area contributed by atoms with E-state index in [0.717, 1.165) is 55.5 Å². The summed E-state index contributed by atoms with van der Waals surface area (Å²) in [6, 6.07) is 15.4. The van der Waals surface area contributed by atoms with Crippen molar-refractivity contribution < 1.29 is 9.53 Å². The molecular formula is C26H30ClN3O3. The van der Waals surface area contributed by atoms with Gasteiger partial charge in [0, 0.05) is 23.4 Å². The van der Waals surface area contributed by atoms with Crippen molar-refractivity contribution in [3.63, 3.8) is 0 Å². The summed E-state index contributed by atoms with van der Waals surface area (Å²) in [6.07, 6.45) is 3.13. The molecule has 6 nitrogen and oxygen atoms in total. The van der Waals surface area contributed by atoms with Crippen LogP contribution in [0, 0.1) is 5.92 Å². The largest absolute Gasteiger partial charge is 0.466 e. The molecule has 0 radical (unpaired) electrons. The van der Waals surface area contributed by atoms with Crippen LogP contribution in [0.2, 0.25) is 5.02 Å². The Labute approximate surface area is 199 Å². The Kier molecular flexibility index (Phi) is 7.78. The number of hydrogen-bond acceptors (Lipinski definition) is 5. The van der Waals surface area contributed by atoms with Gasteiger partial charge in [0.1, 0.15) is 0 Å². The van der Waals surface area contributed by atoms with E-state index >= 15 is 0 Å². The highest BCUT2D eigenvalue weighted by molar-refractivity contribution is 6.30. The first-order valence-electron chi connectivity index (χ1n) is 11.7. The van der Waals surface area contributed by atoms with Crippen LogP contribution in [0.25, 0.3) is 10.8 Å². The monoisotopic (exact) mass is 467 g/mol. The second-order valence-electron chi connectivity index (χ2n) is 8.55. The lowest BCUT2D eigenvalue weighted by molar-refractivity contribution is -0.149. The minimum Gasteiger partial charge on any atom is -0.466 e. The second-order valence-corrected chi connectivity index (χ2v) is 8.98. The van der Waals surface area contributed by atoms with E-state index in [1.54, 1.807) is 4.68 Å². The van der Waals surface area contributed by atoms with Gasteiger partial charge < -0.3 is 9.64 Å². The summed E-state index contributed by atoms with van der Waals surface area (Å²) in [4.78, 5) is 27.3. The number of aromatic nitrogens is 2. The molecule has 3 aromatic rings. The zero-order valence-corrected chi connectivity index (χ0v) is 19.8. The molecule has 33 heavy (non-hydrogen) atoms. The fraction of sp³-hybridized carbons (Fsp3) is 0.423. The number of benzene rings is 2. The first kappa shape index (κ1) is 23.5. The number of rotatable bonds is 8. The van der Waals surface area contributed by atoms with E-state index < -0.39 is 0 Å². The number of ether oxygens (including phenoxy) is 1. The summed E-state index contributed by atoms with van der Waals surface area (Å²) < 4.78 is 6.76. The fourth-order valence-corrected chi connectivity index (χ4v) is 4.61. The lowest BCUT2D eigenvalue weighted by atomic mass is 9.97. The summed E-state index contributed by atoms with van der Waals surface area (Å²) in [5.41, 5.74) is 1.95. The molecule has 1 saturated heterocycles. The number of carbonyl (C=O) groups excluding carboxylic acids is 1. The minimum absolute atomic E-state index is 0.0152. The maximum absolute atomic E-state index is 13.1. The molecule has 4 rings (SSSR count). The third kappa shape index (κ3) is 5.81. The number of fused-ring (bicyclic) bond motifs is 1. The van der Waals surface area contributed by atoms with Gasteiger partial charge in [0.15, 0.2) is 0 Å². The molecule has 0 atom stereocenters. The van der Waals surface area contributed by atoms with Crippen LogP contribution in [-0.2, 0) is 22.5 Å². The number of likely N-dealkylation sites (tertiary alicyclic amines) is 1. The van der Waals surface area contributed by atoms with E-state index in [2.05, 4.69) is 4.90 Å². The van der Waals surface area contributed by atoms with Crippen molar-refractivity contribution in [3.05, 3.63) is 75.2 Å². The SMILES string of the molecule is CCOC(=O)C1CCN(CCCn2nc(Cc3ccc(Cl)cc3)c3ccccc3c2=O)CC1. The van der Waals surface area contributed by atoms with Crippen LogP contribution in [-0.4, -0.2) is 46.9 Å². The first-order chi connectivity index (χ1) is 16.0. The van der Waals surface area contributed by atoms with Gasteiger partial charge in [-0.3, -0.25) is 9.59 Å². The summed E-state index contributed by atoms with van der Waals surface area (Å²) in [5, 5.41) is 7.05. The Morgan fingerprint density at radius 1 is 1.06 bits per heavy atom. The van der Waals surface area contributed by atoms with Crippen molar-refractivity contribution in [3.8, 4) is 0 Å². The lowest BCUT2D eigenvalue weighted by Gasteiger charge is -2.30. The van der Waals surface area contributed by atoms with Crippen LogP contribution in [0.3, 0.4) is 0 Å². The smallest absolute Gasteiger partial charge is 0.309 e. The average molecular weight is 468 g/mol. The number of hydrogen-bond donors (Lipinski definition) is 0. The fourth-order valence-electron chi connectivity index (χ4n) is 4.48. The van der Waals surface area contributed by atoms with Gasteiger partial charge in [-0.25, -0.2) is 4.68 Å². The molecule has 0 N–H and O–H groups in total.